The van der Waals surface area contributed by atoms with Crippen LogP contribution in [0.5, 0.6) is 0 Å². The van der Waals surface area contributed by atoms with Gasteiger partial charge in [0.05, 0.1) is 0 Å². The summed E-state index contributed by atoms with van der Waals surface area (Å²) in [4.78, 5) is 15.7. The highest BCUT2D eigenvalue weighted by Crippen LogP contribution is 2.10. The summed E-state index contributed by atoms with van der Waals surface area (Å²) in [5.41, 5.74) is 1.90. The van der Waals surface area contributed by atoms with Gasteiger partial charge in [0.2, 0.25) is 0 Å². The Balaban J connectivity index is 1.74. The first-order valence-electron chi connectivity index (χ1n) is 5.93. The molecule has 5 heteroatoms. The van der Waals surface area contributed by atoms with Gasteiger partial charge in [-0.2, -0.15) is 0 Å². The van der Waals surface area contributed by atoms with Gasteiger partial charge in [-0.05, 0) is 64.9 Å². The van der Waals surface area contributed by atoms with Gasteiger partial charge in [0.25, 0.3) is 0 Å². The van der Waals surface area contributed by atoms with Crippen molar-refractivity contribution in [2.45, 2.75) is 6.42 Å². The van der Waals surface area contributed by atoms with Crippen molar-refractivity contribution in [3.63, 3.8) is 0 Å². The quantitative estimate of drug-likeness (QED) is 0.817. The van der Waals surface area contributed by atoms with Crippen LogP contribution < -0.4 is 10.6 Å². The number of amides is 2. The highest BCUT2D eigenvalue weighted by molar-refractivity contribution is 14.1. The molecule has 0 spiro atoms. The van der Waals surface area contributed by atoms with E-state index in [1.807, 2.05) is 36.4 Å². The molecular weight excluding hydrogens is 353 g/mol. The minimum Gasteiger partial charge on any atom is -0.338 e. The van der Waals surface area contributed by atoms with Gasteiger partial charge in [-0.1, -0.05) is 6.07 Å². The molecular formula is C14H14IN3O. The van der Waals surface area contributed by atoms with E-state index in [0.717, 1.165) is 21.2 Å². The molecule has 0 fully saturated rings. The Morgan fingerprint density at radius 2 is 2.00 bits per heavy atom. The summed E-state index contributed by atoms with van der Waals surface area (Å²) in [5.74, 6) is 0. The molecule has 0 atom stereocenters. The number of nitrogens with zero attached hydrogens (tertiary/aromatic N) is 1. The number of anilines is 1. The zero-order valence-electron chi connectivity index (χ0n) is 10.3. The first-order chi connectivity index (χ1) is 9.24. The van der Waals surface area contributed by atoms with E-state index in [4.69, 9.17) is 0 Å². The molecule has 0 aliphatic rings. The lowest BCUT2D eigenvalue weighted by Crippen LogP contribution is -2.30. The third kappa shape index (κ3) is 4.86. The molecule has 0 aliphatic heterocycles. The molecule has 1 aromatic heterocycles. The molecule has 0 unspecified atom stereocenters. The van der Waals surface area contributed by atoms with E-state index >= 15 is 0 Å². The fourth-order valence-electron chi connectivity index (χ4n) is 1.57. The summed E-state index contributed by atoms with van der Waals surface area (Å²) in [6, 6.07) is 11.3. The molecule has 2 amide bonds. The molecule has 0 saturated heterocycles. The largest absolute Gasteiger partial charge is 0.338 e. The second kappa shape index (κ2) is 7.08. The van der Waals surface area contributed by atoms with E-state index in [1.165, 1.54) is 0 Å². The fraction of sp³-hybridized carbons (Fsp3) is 0.143. The van der Waals surface area contributed by atoms with Crippen molar-refractivity contribution in [1.29, 1.82) is 0 Å². The minimum atomic E-state index is -0.190. The predicted octanol–water partition coefficient (Wildman–Crippen LogP) is 3.05. The van der Waals surface area contributed by atoms with Crippen LogP contribution in [0.4, 0.5) is 10.5 Å². The monoisotopic (exact) mass is 367 g/mol. The van der Waals surface area contributed by atoms with Gasteiger partial charge in [0, 0.05) is 28.2 Å². The molecule has 4 nitrogen and oxygen atoms in total. The molecule has 1 aromatic carbocycles. The van der Waals surface area contributed by atoms with E-state index in [0.29, 0.717) is 6.54 Å². The van der Waals surface area contributed by atoms with Gasteiger partial charge < -0.3 is 10.6 Å². The number of aromatic nitrogens is 1. The van der Waals surface area contributed by atoms with Crippen LogP contribution in [0.15, 0.2) is 48.8 Å². The Kier molecular flexibility index (Phi) is 5.14. The van der Waals surface area contributed by atoms with Crippen LogP contribution in [0.25, 0.3) is 0 Å². The molecule has 0 saturated carbocycles. The van der Waals surface area contributed by atoms with Crippen molar-refractivity contribution in [2.24, 2.45) is 0 Å². The van der Waals surface area contributed by atoms with Gasteiger partial charge in [-0.25, -0.2) is 4.79 Å². The van der Waals surface area contributed by atoms with Crippen LogP contribution in [0.1, 0.15) is 5.56 Å². The molecule has 1 heterocycles. The lowest BCUT2D eigenvalue weighted by Gasteiger charge is -2.07. The molecule has 0 aliphatic carbocycles. The maximum Gasteiger partial charge on any atom is 0.319 e. The average molecular weight is 367 g/mol. The molecule has 19 heavy (non-hydrogen) atoms. The Bertz CT molecular complexity index is 528. The van der Waals surface area contributed by atoms with Crippen molar-refractivity contribution in [2.75, 3.05) is 11.9 Å². The van der Waals surface area contributed by atoms with Crippen LogP contribution in [0, 0.1) is 3.57 Å². The first kappa shape index (κ1) is 13.8. The van der Waals surface area contributed by atoms with E-state index in [-0.39, 0.29) is 6.03 Å². The smallest absolute Gasteiger partial charge is 0.319 e. The Hall–Kier alpha value is -1.63. The summed E-state index contributed by atoms with van der Waals surface area (Å²) < 4.78 is 1.14. The summed E-state index contributed by atoms with van der Waals surface area (Å²) in [6.45, 7) is 0.585. The molecule has 98 valence electrons. The number of carbonyl (C=O) groups excluding carboxylic acids is 1. The second-order valence-electron chi connectivity index (χ2n) is 4.00. The zero-order valence-corrected chi connectivity index (χ0v) is 12.4. The van der Waals surface area contributed by atoms with Crippen LogP contribution in [-0.4, -0.2) is 17.6 Å². The normalized spacial score (nSPS) is 9.95. The van der Waals surface area contributed by atoms with Crippen molar-refractivity contribution in [3.8, 4) is 0 Å². The highest BCUT2D eigenvalue weighted by atomic mass is 127. The SMILES string of the molecule is O=C(NCCc1cccnc1)Nc1ccc(I)cc1. The summed E-state index contributed by atoms with van der Waals surface area (Å²) in [7, 11) is 0. The Labute approximate surface area is 125 Å². The van der Waals surface area contributed by atoms with Crippen molar-refractivity contribution in [1.82, 2.24) is 10.3 Å². The molecule has 2 aromatic rings. The summed E-state index contributed by atoms with van der Waals surface area (Å²) in [5, 5.41) is 5.60. The number of benzene rings is 1. The number of hydrogen-bond acceptors (Lipinski definition) is 2. The molecule has 0 bridgehead atoms. The number of urea groups is 1. The van der Waals surface area contributed by atoms with Crippen LogP contribution >= 0.6 is 22.6 Å². The lowest BCUT2D eigenvalue weighted by molar-refractivity contribution is 0.252. The molecule has 2 N–H and O–H groups in total. The minimum absolute atomic E-state index is 0.190. The zero-order chi connectivity index (χ0) is 13.5. The van der Waals surface area contributed by atoms with Crippen LogP contribution in [0.3, 0.4) is 0 Å². The van der Waals surface area contributed by atoms with Crippen molar-refractivity contribution >= 4 is 34.3 Å². The number of pyridine rings is 1. The Morgan fingerprint density at radius 1 is 1.21 bits per heavy atom. The van der Waals surface area contributed by atoms with Gasteiger partial charge >= 0.3 is 6.03 Å². The van der Waals surface area contributed by atoms with Gasteiger partial charge in [0.15, 0.2) is 0 Å². The maximum absolute atomic E-state index is 11.6. The third-order valence-corrected chi connectivity index (χ3v) is 3.24. The number of rotatable bonds is 4. The fourth-order valence-corrected chi connectivity index (χ4v) is 1.93. The predicted molar refractivity (Wildman–Crippen MR) is 84.1 cm³/mol. The number of carbonyl (C=O) groups is 1. The van der Waals surface area contributed by atoms with Gasteiger partial charge in [0.1, 0.15) is 0 Å². The first-order valence-corrected chi connectivity index (χ1v) is 7.01. The third-order valence-electron chi connectivity index (χ3n) is 2.52. The summed E-state index contributed by atoms with van der Waals surface area (Å²) in [6.07, 6.45) is 4.31. The van der Waals surface area contributed by atoms with Crippen LogP contribution in [-0.2, 0) is 6.42 Å². The van der Waals surface area contributed by atoms with Crippen molar-refractivity contribution < 1.29 is 4.79 Å². The van der Waals surface area contributed by atoms with Gasteiger partial charge in [-0.15, -0.1) is 0 Å². The molecule has 0 radical (unpaired) electrons. The van der Waals surface area contributed by atoms with E-state index in [1.54, 1.807) is 12.4 Å². The van der Waals surface area contributed by atoms with E-state index in [2.05, 4.69) is 38.2 Å². The maximum atomic E-state index is 11.6. The van der Waals surface area contributed by atoms with E-state index < -0.39 is 0 Å². The summed E-state index contributed by atoms with van der Waals surface area (Å²) >= 11 is 2.23. The topological polar surface area (TPSA) is 54.0 Å². The number of halogens is 1. The van der Waals surface area contributed by atoms with E-state index in [9.17, 15) is 4.79 Å². The van der Waals surface area contributed by atoms with Crippen molar-refractivity contribution in [3.05, 3.63) is 57.9 Å². The highest BCUT2D eigenvalue weighted by Gasteiger charge is 2.01. The number of hydrogen-bond donors (Lipinski definition) is 2. The number of nitrogens with one attached hydrogen (secondary N) is 2. The second-order valence-corrected chi connectivity index (χ2v) is 5.24. The lowest BCUT2D eigenvalue weighted by atomic mass is 10.2. The van der Waals surface area contributed by atoms with Gasteiger partial charge in [-0.3, -0.25) is 4.98 Å². The average Bonchev–Trinajstić information content (AvgIpc) is 2.43. The Morgan fingerprint density at radius 3 is 2.68 bits per heavy atom. The van der Waals surface area contributed by atoms with Crippen LogP contribution in [0.2, 0.25) is 0 Å². The standard InChI is InChI=1S/C14H14IN3O/c15-12-3-5-13(6-4-12)18-14(19)17-9-7-11-2-1-8-16-10-11/h1-6,8,10H,7,9H2,(H2,17,18,19). The molecule has 2 rings (SSSR count).